The van der Waals surface area contributed by atoms with Gasteiger partial charge >= 0.3 is 0 Å². The summed E-state index contributed by atoms with van der Waals surface area (Å²) in [6, 6.07) is 12.0. The van der Waals surface area contributed by atoms with E-state index in [1.54, 1.807) is 31.1 Å². The van der Waals surface area contributed by atoms with Crippen LogP contribution >= 0.6 is 0 Å². The molecule has 0 fully saturated rings. The lowest BCUT2D eigenvalue weighted by Gasteiger charge is -2.13. The molecule has 2 rings (SSSR count). The maximum atomic E-state index is 12.5. The topological polar surface area (TPSA) is 99.3 Å². The van der Waals surface area contributed by atoms with E-state index in [-0.39, 0.29) is 11.3 Å². The molecule has 7 heteroatoms. The second-order valence-electron chi connectivity index (χ2n) is 6.29. The minimum atomic E-state index is -0.561. The SMILES string of the molecule is Cc1cccc(C)c1NC(=O)C(C#N)=Cc1ccc(N(C)C)c([N+](=O)[O-])c1. The molecule has 0 bridgehead atoms. The Hall–Kier alpha value is -3.66. The van der Waals surface area contributed by atoms with Gasteiger partial charge in [-0.1, -0.05) is 24.3 Å². The van der Waals surface area contributed by atoms with Crippen molar-refractivity contribution in [3.05, 3.63) is 68.8 Å². The average molecular weight is 364 g/mol. The fourth-order valence-electron chi connectivity index (χ4n) is 2.66. The Labute approximate surface area is 157 Å². The first-order valence-electron chi connectivity index (χ1n) is 8.19. The van der Waals surface area contributed by atoms with E-state index in [1.165, 1.54) is 12.1 Å². The number of para-hydroxylation sites is 1. The van der Waals surface area contributed by atoms with Crippen LogP contribution in [0.15, 0.2) is 42.0 Å². The fourth-order valence-corrected chi connectivity index (χ4v) is 2.66. The van der Waals surface area contributed by atoms with Crippen LogP contribution in [-0.2, 0) is 4.79 Å². The summed E-state index contributed by atoms with van der Waals surface area (Å²) in [6.45, 7) is 3.73. The van der Waals surface area contributed by atoms with Gasteiger partial charge in [0.1, 0.15) is 17.3 Å². The van der Waals surface area contributed by atoms with Crippen LogP contribution in [0, 0.1) is 35.3 Å². The molecule has 0 saturated heterocycles. The fraction of sp³-hybridized carbons (Fsp3) is 0.200. The Morgan fingerprint density at radius 1 is 1.22 bits per heavy atom. The summed E-state index contributed by atoms with van der Waals surface area (Å²) in [7, 11) is 3.41. The zero-order valence-electron chi connectivity index (χ0n) is 15.6. The van der Waals surface area contributed by atoms with Crippen molar-refractivity contribution in [1.29, 1.82) is 5.26 Å². The normalized spacial score (nSPS) is 10.9. The molecule has 0 unspecified atom stereocenters. The number of nitro benzene ring substituents is 1. The third-order valence-corrected chi connectivity index (χ3v) is 4.07. The van der Waals surface area contributed by atoms with Gasteiger partial charge in [0, 0.05) is 25.8 Å². The molecule has 0 aliphatic rings. The number of rotatable bonds is 5. The van der Waals surface area contributed by atoms with E-state index in [2.05, 4.69) is 5.32 Å². The molecule has 0 saturated carbocycles. The maximum Gasteiger partial charge on any atom is 0.293 e. The molecular weight excluding hydrogens is 344 g/mol. The first kappa shape index (κ1) is 19.7. The second-order valence-corrected chi connectivity index (χ2v) is 6.29. The lowest BCUT2D eigenvalue weighted by molar-refractivity contribution is -0.384. The van der Waals surface area contributed by atoms with Crippen molar-refractivity contribution in [1.82, 2.24) is 0 Å². The Bertz CT molecular complexity index is 951. The van der Waals surface area contributed by atoms with Crippen molar-refractivity contribution < 1.29 is 9.72 Å². The predicted octanol–water partition coefficient (Wildman–Crippen LogP) is 3.82. The molecule has 138 valence electrons. The van der Waals surface area contributed by atoms with Crippen molar-refractivity contribution in [2.75, 3.05) is 24.3 Å². The number of nitriles is 1. The Morgan fingerprint density at radius 3 is 2.37 bits per heavy atom. The molecule has 0 heterocycles. The molecule has 0 atom stereocenters. The van der Waals surface area contributed by atoms with Crippen LogP contribution < -0.4 is 10.2 Å². The molecule has 0 radical (unpaired) electrons. The molecule has 1 amide bonds. The van der Waals surface area contributed by atoms with Crippen LogP contribution in [0.3, 0.4) is 0 Å². The molecule has 0 aliphatic heterocycles. The van der Waals surface area contributed by atoms with Crippen LogP contribution in [0.2, 0.25) is 0 Å². The van der Waals surface area contributed by atoms with Gasteiger partial charge in [-0.2, -0.15) is 5.26 Å². The second kappa shape index (κ2) is 8.15. The Balaban J connectivity index is 2.38. The van der Waals surface area contributed by atoms with Crippen molar-refractivity contribution in [2.24, 2.45) is 0 Å². The Kier molecular flexibility index (Phi) is 5.93. The molecule has 7 nitrogen and oxygen atoms in total. The standard InChI is InChI=1S/C20H20N4O3/c1-13-6-5-7-14(2)19(13)22-20(25)16(12-21)10-15-8-9-17(23(3)4)18(11-15)24(26)27/h5-11H,1-4H3,(H,22,25). The summed E-state index contributed by atoms with van der Waals surface area (Å²) in [5, 5.41) is 23.4. The molecular formula is C20H20N4O3. The van der Waals surface area contributed by atoms with Gasteiger partial charge in [0.25, 0.3) is 11.6 Å². The van der Waals surface area contributed by atoms with Crippen molar-refractivity contribution in [3.63, 3.8) is 0 Å². The van der Waals surface area contributed by atoms with Crippen molar-refractivity contribution in [3.8, 4) is 6.07 Å². The number of amides is 1. The van der Waals surface area contributed by atoms with E-state index in [9.17, 15) is 20.2 Å². The number of nitro groups is 1. The van der Waals surface area contributed by atoms with E-state index in [1.807, 2.05) is 38.1 Å². The van der Waals surface area contributed by atoms with E-state index in [0.29, 0.717) is 16.9 Å². The van der Waals surface area contributed by atoms with Crippen molar-refractivity contribution >= 4 is 29.0 Å². The van der Waals surface area contributed by atoms with E-state index >= 15 is 0 Å². The van der Waals surface area contributed by atoms with E-state index in [4.69, 9.17) is 0 Å². The van der Waals surface area contributed by atoms with Crippen LogP contribution in [0.5, 0.6) is 0 Å². The quantitative estimate of drug-likeness (QED) is 0.376. The van der Waals surface area contributed by atoms with E-state index < -0.39 is 10.8 Å². The molecule has 1 N–H and O–H groups in total. The van der Waals surface area contributed by atoms with Gasteiger partial charge in [-0.15, -0.1) is 0 Å². The van der Waals surface area contributed by atoms with Gasteiger partial charge in [-0.05, 0) is 42.7 Å². The first-order valence-corrected chi connectivity index (χ1v) is 8.19. The molecule has 0 spiro atoms. The first-order chi connectivity index (χ1) is 12.7. The number of nitrogens with zero attached hydrogens (tertiary/aromatic N) is 3. The highest BCUT2D eigenvalue weighted by atomic mass is 16.6. The maximum absolute atomic E-state index is 12.5. The minimum Gasteiger partial charge on any atom is -0.372 e. The largest absolute Gasteiger partial charge is 0.372 e. The van der Waals surface area contributed by atoms with Gasteiger partial charge in [0.05, 0.1) is 4.92 Å². The summed E-state index contributed by atoms with van der Waals surface area (Å²) in [4.78, 5) is 24.9. The highest BCUT2D eigenvalue weighted by Crippen LogP contribution is 2.28. The minimum absolute atomic E-state index is 0.0961. The Morgan fingerprint density at radius 2 is 1.85 bits per heavy atom. The number of benzene rings is 2. The van der Waals surface area contributed by atoms with Gasteiger partial charge in [-0.25, -0.2) is 0 Å². The zero-order chi connectivity index (χ0) is 20.1. The summed E-state index contributed by atoms with van der Waals surface area (Å²) in [6.07, 6.45) is 1.34. The number of carbonyl (C=O) groups excluding carboxylic acids is 1. The van der Waals surface area contributed by atoms with Crippen LogP contribution in [0.25, 0.3) is 6.08 Å². The number of aryl methyl sites for hydroxylation is 2. The number of anilines is 2. The predicted molar refractivity (Wildman–Crippen MR) is 106 cm³/mol. The summed E-state index contributed by atoms with van der Waals surface area (Å²) in [5.74, 6) is -0.561. The van der Waals surface area contributed by atoms with E-state index in [0.717, 1.165) is 11.1 Å². The molecule has 0 aliphatic carbocycles. The van der Waals surface area contributed by atoms with Gasteiger partial charge < -0.3 is 10.2 Å². The molecule has 27 heavy (non-hydrogen) atoms. The molecule has 2 aromatic rings. The number of carbonyl (C=O) groups is 1. The summed E-state index contributed by atoms with van der Waals surface area (Å²) in [5.41, 5.74) is 3.03. The van der Waals surface area contributed by atoms with Gasteiger partial charge in [0.2, 0.25) is 0 Å². The van der Waals surface area contributed by atoms with Gasteiger partial charge in [-0.3, -0.25) is 14.9 Å². The molecule has 0 aromatic heterocycles. The van der Waals surface area contributed by atoms with Crippen molar-refractivity contribution in [2.45, 2.75) is 13.8 Å². The number of hydrogen-bond donors (Lipinski definition) is 1. The zero-order valence-corrected chi connectivity index (χ0v) is 15.6. The third-order valence-electron chi connectivity index (χ3n) is 4.07. The molecule has 2 aromatic carbocycles. The lowest BCUT2D eigenvalue weighted by atomic mass is 10.1. The van der Waals surface area contributed by atoms with Crippen LogP contribution in [0.1, 0.15) is 16.7 Å². The lowest BCUT2D eigenvalue weighted by Crippen LogP contribution is -2.15. The monoisotopic (exact) mass is 364 g/mol. The number of hydrogen-bond acceptors (Lipinski definition) is 5. The van der Waals surface area contributed by atoms with Crippen LogP contribution in [-0.4, -0.2) is 24.9 Å². The summed E-state index contributed by atoms with van der Waals surface area (Å²) >= 11 is 0. The number of nitrogens with one attached hydrogen (secondary N) is 1. The van der Waals surface area contributed by atoms with Crippen LogP contribution in [0.4, 0.5) is 17.1 Å². The highest BCUT2D eigenvalue weighted by molar-refractivity contribution is 6.10. The summed E-state index contributed by atoms with van der Waals surface area (Å²) < 4.78 is 0. The third kappa shape index (κ3) is 4.50. The van der Waals surface area contributed by atoms with Gasteiger partial charge in [0.15, 0.2) is 0 Å². The highest BCUT2D eigenvalue weighted by Gasteiger charge is 2.17. The smallest absolute Gasteiger partial charge is 0.293 e. The average Bonchev–Trinajstić information content (AvgIpc) is 2.62.